The first kappa shape index (κ1) is 24.7. The fraction of sp³-hybridized carbons (Fsp3) is 0.172. The van der Waals surface area contributed by atoms with Crippen LogP contribution in [0.25, 0.3) is 27.0 Å². The quantitative estimate of drug-likeness (QED) is 0.243. The third kappa shape index (κ3) is 4.63. The second kappa shape index (κ2) is 9.32. The zero-order valence-corrected chi connectivity index (χ0v) is 22.3. The first-order chi connectivity index (χ1) is 18.7. The predicted octanol–water partition coefficient (Wildman–Crippen LogP) is 6.47. The van der Waals surface area contributed by atoms with Crippen molar-refractivity contribution < 1.29 is 14.0 Å². The molecule has 0 spiro atoms. The third-order valence-corrected chi connectivity index (χ3v) is 7.46. The SMILES string of the molecule is CC(C)(C)c1cc(NC(=O)Nc2cc(-c3cccc4c3CNC4=O)ccc2F)n(-c2ccc3scnc3c2)n1. The lowest BCUT2D eigenvalue weighted by Gasteiger charge is -2.14. The highest BCUT2D eigenvalue weighted by molar-refractivity contribution is 7.16. The summed E-state index contributed by atoms with van der Waals surface area (Å²) in [6, 6.07) is 16.9. The second-order valence-corrected chi connectivity index (χ2v) is 11.3. The number of fused-ring (bicyclic) bond motifs is 2. The lowest BCUT2D eigenvalue weighted by molar-refractivity contribution is 0.0965. The lowest BCUT2D eigenvalue weighted by atomic mass is 9.92. The van der Waals surface area contributed by atoms with Crippen LogP contribution in [0.4, 0.5) is 20.7 Å². The summed E-state index contributed by atoms with van der Waals surface area (Å²) < 4.78 is 17.5. The van der Waals surface area contributed by atoms with Crippen LogP contribution in [0.5, 0.6) is 0 Å². The largest absolute Gasteiger partial charge is 0.348 e. The normalized spacial score (nSPS) is 12.9. The molecule has 0 unspecified atom stereocenters. The van der Waals surface area contributed by atoms with Crippen molar-refractivity contribution in [1.82, 2.24) is 20.1 Å². The van der Waals surface area contributed by atoms with Crippen molar-refractivity contribution in [2.75, 3.05) is 10.6 Å². The van der Waals surface area contributed by atoms with Gasteiger partial charge in [-0.1, -0.05) is 39.0 Å². The number of hydrogen-bond donors (Lipinski definition) is 3. The number of hydrogen-bond acceptors (Lipinski definition) is 5. The van der Waals surface area contributed by atoms with E-state index in [0.29, 0.717) is 23.5 Å². The first-order valence-electron chi connectivity index (χ1n) is 12.4. The molecule has 8 nitrogen and oxygen atoms in total. The highest BCUT2D eigenvalue weighted by atomic mass is 32.1. The van der Waals surface area contributed by atoms with Crippen LogP contribution in [0, 0.1) is 5.82 Å². The van der Waals surface area contributed by atoms with Crippen LogP contribution in [-0.2, 0) is 12.0 Å². The van der Waals surface area contributed by atoms with Gasteiger partial charge in [-0.25, -0.2) is 18.9 Å². The van der Waals surface area contributed by atoms with Gasteiger partial charge in [0.15, 0.2) is 0 Å². The van der Waals surface area contributed by atoms with Crippen molar-refractivity contribution in [2.24, 2.45) is 0 Å². The van der Waals surface area contributed by atoms with Crippen LogP contribution >= 0.6 is 11.3 Å². The van der Waals surface area contributed by atoms with E-state index >= 15 is 0 Å². The van der Waals surface area contributed by atoms with E-state index < -0.39 is 11.8 Å². The Bertz CT molecular complexity index is 1770. The Kier molecular flexibility index (Phi) is 5.91. The number of urea groups is 1. The number of carbonyl (C=O) groups excluding carboxylic acids is 2. The number of benzene rings is 3. The van der Waals surface area contributed by atoms with Gasteiger partial charge in [-0.05, 0) is 53.1 Å². The van der Waals surface area contributed by atoms with Gasteiger partial charge in [0.1, 0.15) is 11.6 Å². The minimum Gasteiger partial charge on any atom is -0.348 e. The van der Waals surface area contributed by atoms with E-state index in [1.54, 1.807) is 45.8 Å². The molecule has 2 aromatic heterocycles. The molecule has 3 amide bonds. The van der Waals surface area contributed by atoms with Crippen molar-refractivity contribution in [3.05, 3.63) is 88.8 Å². The van der Waals surface area contributed by atoms with Crippen molar-refractivity contribution in [2.45, 2.75) is 32.7 Å². The van der Waals surface area contributed by atoms with E-state index in [0.717, 1.165) is 32.7 Å². The van der Waals surface area contributed by atoms with Gasteiger partial charge in [0.2, 0.25) is 0 Å². The summed E-state index contributed by atoms with van der Waals surface area (Å²) in [4.78, 5) is 29.6. The molecule has 0 fully saturated rings. The number of nitrogens with one attached hydrogen (secondary N) is 3. The van der Waals surface area contributed by atoms with Gasteiger partial charge in [0.25, 0.3) is 5.91 Å². The van der Waals surface area contributed by atoms with Crippen molar-refractivity contribution in [3.63, 3.8) is 0 Å². The average molecular weight is 541 g/mol. The summed E-state index contributed by atoms with van der Waals surface area (Å²) in [5.41, 5.74) is 6.84. The molecule has 0 radical (unpaired) electrons. The number of amides is 3. The molecule has 1 aliphatic rings. The number of aromatic nitrogens is 3. The van der Waals surface area contributed by atoms with Crippen LogP contribution in [-0.4, -0.2) is 26.7 Å². The Morgan fingerprint density at radius 1 is 1.05 bits per heavy atom. The molecule has 0 saturated heterocycles. The summed E-state index contributed by atoms with van der Waals surface area (Å²) in [6.45, 7) is 6.52. The van der Waals surface area contributed by atoms with Crippen LogP contribution in [0.15, 0.2) is 66.2 Å². The number of carbonyl (C=O) groups is 2. The van der Waals surface area contributed by atoms with Gasteiger partial charge in [0.05, 0.1) is 32.8 Å². The monoisotopic (exact) mass is 540 g/mol. The highest BCUT2D eigenvalue weighted by Crippen LogP contribution is 2.32. The number of nitrogens with zero attached hydrogens (tertiary/aromatic N) is 3. The Morgan fingerprint density at radius 3 is 2.69 bits per heavy atom. The predicted molar refractivity (Wildman–Crippen MR) is 151 cm³/mol. The van der Waals surface area contributed by atoms with Crippen molar-refractivity contribution in [3.8, 4) is 16.8 Å². The maximum atomic E-state index is 14.8. The lowest BCUT2D eigenvalue weighted by Crippen LogP contribution is -2.22. The molecule has 3 heterocycles. The number of halogens is 1. The summed E-state index contributed by atoms with van der Waals surface area (Å²) >= 11 is 1.55. The Balaban J connectivity index is 1.30. The standard InChI is InChI=1S/C29H25FN6O2S/c1-29(2,3)25-13-26(36(35-25)17-8-10-24-23(12-17)32-15-39-24)34-28(38)33-22-11-16(7-9-21(22)30)18-5-4-6-19-20(18)14-31-27(19)37/h4-13,15H,14H2,1-3H3,(H,31,37)(H2,33,34,38). The molecular weight excluding hydrogens is 515 g/mol. The molecule has 0 aliphatic carbocycles. The van der Waals surface area contributed by atoms with E-state index in [4.69, 9.17) is 5.10 Å². The molecule has 3 N–H and O–H groups in total. The number of rotatable bonds is 4. The zero-order chi connectivity index (χ0) is 27.3. The fourth-order valence-electron chi connectivity index (χ4n) is 4.59. The van der Waals surface area contributed by atoms with E-state index in [9.17, 15) is 14.0 Å². The van der Waals surface area contributed by atoms with Crippen LogP contribution < -0.4 is 16.0 Å². The van der Waals surface area contributed by atoms with E-state index in [-0.39, 0.29) is 17.0 Å². The first-order valence-corrected chi connectivity index (χ1v) is 13.3. The Morgan fingerprint density at radius 2 is 1.87 bits per heavy atom. The molecule has 3 aromatic carbocycles. The molecule has 0 atom stereocenters. The van der Waals surface area contributed by atoms with E-state index in [1.807, 2.05) is 51.1 Å². The van der Waals surface area contributed by atoms with Gasteiger partial charge in [0, 0.05) is 23.6 Å². The summed E-state index contributed by atoms with van der Waals surface area (Å²) in [5.74, 6) is -0.269. The average Bonchev–Trinajstić information content (AvgIpc) is 3.63. The Hall–Kier alpha value is -4.57. The number of thiazole rings is 1. The Labute approximate surface area is 227 Å². The van der Waals surface area contributed by atoms with Crippen LogP contribution in [0.2, 0.25) is 0 Å². The fourth-order valence-corrected chi connectivity index (χ4v) is 5.25. The zero-order valence-electron chi connectivity index (χ0n) is 21.5. The smallest absolute Gasteiger partial charge is 0.324 e. The summed E-state index contributed by atoms with van der Waals surface area (Å²) in [7, 11) is 0. The molecule has 10 heteroatoms. The van der Waals surface area contributed by atoms with Crippen LogP contribution in [0.1, 0.15) is 42.4 Å². The van der Waals surface area contributed by atoms with Crippen LogP contribution in [0.3, 0.4) is 0 Å². The molecule has 6 rings (SSSR count). The van der Waals surface area contributed by atoms with Gasteiger partial charge < -0.3 is 10.6 Å². The maximum Gasteiger partial charge on any atom is 0.324 e. The second-order valence-electron chi connectivity index (χ2n) is 10.4. The van der Waals surface area contributed by atoms with Gasteiger partial charge in [-0.15, -0.1) is 11.3 Å². The molecular formula is C29H25FN6O2S. The highest BCUT2D eigenvalue weighted by Gasteiger charge is 2.24. The minimum absolute atomic E-state index is 0.0193. The van der Waals surface area contributed by atoms with Gasteiger partial charge >= 0.3 is 6.03 Å². The van der Waals surface area contributed by atoms with Crippen molar-refractivity contribution >= 4 is 45.0 Å². The molecule has 1 aliphatic heterocycles. The van der Waals surface area contributed by atoms with Gasteiger partial charge in [-0.3, -0.25) is 10.1 Å². The molecule has 5 aromatic rings. The van der Waals surface area contributed by atoms with E-state index in [2.05, 4.69) is 20.9 Å². The molecule has 196 valence electrons. The van der Waals surface area contributed by atoms with E-state index in [1.165, 1.54) is 6.07 Å². The number of anilines is 2. The topological polar surface area (TPSA) is 101 Å². The van der Waals surface area contributed by atoms with Crippen molar-refractivity contribution in [1.29, 1.82) is 0 Å². The maximum absolute atomic E-state index is 14.8. The minimum atomic E-state index is -0.613. The molecule has 39 heavy (non-hydrogen) atoms. The summed E-state index contributed by atoms with van der Waals surface area (Å²) in [6.07, 6.45) is 0. The molecule has 0 bridgehead atoms. The van der Waals surface area contributed by atoms with Gasteiger partial charge in [-0.2, -0.15) is 5.10 Å². The molecule has 0 saturated carbocycles. The summed E-state index contributed by atoms with van der Waals surface area (Å²) in [5, 5.41) is 13.0. The third-order valence-electron chi connectivity index (χ3n) is 6.65.